The van der Waals surface area contributed by atoms with E-state index in [1.54, 1.807) is 20.8 Å². The molecule has 0 unspecified atom stereocenters. The Hall–Kier alpha value is -1.37. The van der Waals surface area contributed by atoms with Gasteiger partial charge in [-0.2, -0.15) is 5.48 Å². The van der Waals surface area contributed by atoms with Crippen LogP contribution in [0.4, 0.5) is 4.79 Å². The van der Waals surface area contributed by atoms with Gasteiger partial charge in [-0.1, -0.05) is 5.92 Å². The lowest BCUT2D eigenvalue weighted by atomic mass is 10.2. The number of hydrogen-bond donors (Lipinski definition) is 1. The number of carbonyl (C=O) groups excluding carboxylic acids is 1. The molecule has 0 fully saturated rings. The summed E-state index contributed by atoms with van der Waals surface area (Å²) in [5.41, 5.74) is 1.62. The molecule has 0 bridgehead atoms. The van der Waals surface area contributed by atoms with E-state index in [-0.39, 0.29) is 6.61 Å². The molecule has 1 N–H and O–H groups in total. The lowest BCUT2D eigenvalue weighted by molar-refractivity contribution is -0.0365. The molecule has 0 saturated heterocycles. The molecule has 0 heterocycles. The van der Waals surface area contributed by atoms with Crippen LogP contribution in [-0.4, -0.2) is 71.2 Å². The van der Waals surface area contributed by atoms with E-state index in [0.29, 0.717) is 52.9 Å². The Morgan fingerprint density at radius 1 is 0.875 bits per heavy atom. The molecule has 8 nitrogen and oxygen atoms in total. The van der Waals surface area contributed by atoms with Crippen LogP contribution in [0.5, 0.6) is 0 Å². The van der Waals surface area contributed by atoms with Gasteiger partial charge in [-0.05, 0) is 20.8 Å². The van der Waals surface area contributed by atoms with Crippen molar-refractivity contribution in [2.75, 3.05) is 59.5 Å². The van der Waals surface area contributed by atoms with E-state index in [1.807, 2.05) is 0 Å². The van der Waals surface area contributed by atoms with Crippen molar-refractivity contribution in [2.24, 2.45) is 0 Å². The maximum atomic E-state index is 11.2. The van der Waals surface area contributed by atoms with Gasteiger partial charge in [0.15, 0.2) is 0 Å². The summed E-state index contributed by atoms with van der Waals surface area (Å²) in [6.45, 7) is 9.00. The Kier molecular flexibility index (Phi) is 14.3. The number of amides is 1. The largest absolute Gasteiger partial charge is 0.442 e. The van der Waals surface area contributed by atoms with E-state index >= 15 is 0 Å². The minimum Gasteiger partial charge on any atom is -0.442 e. The number of carbonyl (C=O) groups is 1. The van der Waals surface area contributed by atoms with Crippen molar-refractivity contribution in [3.63, 3.8) is 0 Å². The lowest BCUT2D eigenvalue weighted by Crippen LogP contribution is -2.33. The average Bonchev–Trinajstić information content (AvgIpc) is 2.49. The van der Waals surface area contributed by atoms with Crippen LogP contribution in [-0.2, 0) is 28.5 Å². The number of hydroxylamine groups is 1. The second kappa shape index (κ2) is 15.2. The van der Waals surface area contributed by atoms with Crippen molar-refractivity contribution in [1.29, 1.82) is 0 Å². The number of hydrogen-bond acceptors (Lipinski definition) is 7. The van der Waals surface area contributed by atoms with Gasteiger partial charge in [0, 0.05) is 0 Å². The fourth-order valence-electron chi connectivity index (χ4n) is 1.30. The molecule has 0 aliphatic heterocycles. The summed E-state index contributed by atoms with van der Waals surface area (Å²) < 4.78 is 25.9. The first kappa shape index (κ1) is 22.6. The highest BCUT2D eigenvalue weighted by Crippen LogP contribution is 2.06. The molecule has 0 spiro atoms. The van der Waals surface area contributed by atoms with Crippen molar-refractivity contribution in [2.45, 2.75) is 26.4 Å². The maximum absolute atomic E-state index is 11.2. The van der Waals surface area contributed by atoms with Crippen LogP contribution in [0, 0.1) is 12.3 Å². The van der Waals surface area contributed by atoms with Gasteiger partial charge in [-0.25, -0.2) is 4.79 Å². The van der Waals surface area contributed by atoms with Gasteiger partial charge in [0.1, 0.15) is 12.2 Å². The standard InChI is InChI=1S/C16H29NO7/c1-5-6-19-7-8-20-9-10-21-11-12-22-13-14-23-17-15(18)24-16(2,3)4/h1H,6-14H2,2-4H3,(H,17,18). The van der Waals surface area contributed by atoms with E-state index < -0.39 is 11.7 Å². The fourth-order valence-corrected chi connectivity index (χ4v) is 1.30. The van der Waals surface area contributed by atoms with Gasteiger partial charge >= 0.3 is 6.09 Å². The molecular weight excluding hydrogens is 318 g/mol. The van der Waals surface area contributed by atoms with Crippen LogP contribution in [0.1, 0.15) is 20.8 Å². The predicted octanol–water partition coefficient (Wildman–Crippen LogP) is 1.14. The smallest absolute Gasteiger partial charge is 0.431 e. The molecule has 1 amide bonds. The van der Waals surface area contributed by atoms with Gasteiger partial charge in [0.25, 0.3) is 0 Å². The third kappa shape index (κ3) is 18.7. The van der Waals surface area contributed by atoms with E-state index in [1.165, 1.54) is 0 Å². The number of ether oxygens (including phenoxy) is 5. The minimum atomic E-state index is -0.629. The highest BCUT2D eigenvalue weighted by atomic mass is 16.7. The van der Waals surface area contributed by atoms with Crippen molar-refractivity contribution >= 4 is 6.09 Å². The van der Waals surface area contributed by atoms with Gasteiger partial charge < -0.3 is 23.7 Å². The summed E-state index contributed by atoms with van der Waals surface area (Å²) in [4.78, 5) is 16.2. The third-order valence-corrected chi connectivity index (χ3v) is 2.19. The van der Waals surface area contributed by atoms with Gasteiger partial charge in [0.05, 0.1) is 52.9 Å². The molecule has 140 valence electrons. The third-order valence-electron chi connectivity index (χ3n) is 2.19. The first-order chi connectivity index (χ1) is 11.5. The molecule has 24 heavy (non-hydrogen) atoms. The van der Waals surface area contributed by atoms with Crippen molar-refractivity contribution in [3.8, 4) is 12.3 Å². The van der Waals surface area contributed by atoms with E-state index in [9.17, 15) is 4.79 Å². The number of nitrogens with one attached hydrogen (secondary N) is 1. The van der Waals surface area contributed by atoms with Crippen molar-refractivity contribution in [3.05, 3.63) is 0 Å². The second-order valence-corrected chi connectivity index (χ2v) is 5.55. The van der Waals surface area contributed by atoms with Crippen LogP contribution < -0.4 is 5.48 Å². The lowest BCUT2D eigenvalue weighted by Gasteiger charge is -2.19. The summed E-state index contributed by atoms with van der Waals surface area (Å²) in [6.07, 6.45) is 4.40. The number of rotatable bonds is 14. The summed E-state index contributed by atoms with van der Waals surface area (Å²) >= 11 is 0. The van der Waals surface area contributed by atoms with Gasteiger partial charge in [-0.3, -0.25) is 4.84 Å². The highest BCUT2D eigenvalue weighted by molar-refractivity contribution is 5.66. The highest BCUT2D eigenvalue weighted by Gasteiger charge is 2.15. The topological polar surface area (TPSA) is 84.5 Å². The molecule has 0 rings (SSSR count). The molecule has 0 aliphatic rings. The average molecular weight is 347 g/mol. The number of terminal acetylenes is 1. The zero-order chi connectivity index (χ0) is 18.1. The van der Waals surface area contributed by atoms with Crippen LogP contribution in [0.3, 0.4) is 0 Å². The van der Waals surface area contributed by atoms with Gasteiger partial charge in [-0.15, -0.1) is 6.42 Å². The maximum Gasteiger partial charge on any atom is 0.431 e. The molecule has 0 atom stereocenters. The summed E-state index contributed by atoms with van der Waals surface area (Å²) in [6, 6.07) is 0. The Labute approximate surface area is 144 Å². The first-order valence-corrected chi connectivity index (χ1v) is 7.81. The Morgan fingerprint density at radius 2 is 1.33 bits per heavy atom. The van der Waals surface area contributed by atoms with Crippen LogP contribution in [0.15, 0.2) is 0 Å². The quantitative estimate of drug-likeness (QED) is 0.286. The zero-order valence-electron chi connectivity index (χ0n) is 14.8. The molecule has 0 aromatic rings. The van der Waals surface area contributed by atoms with Crippen LogP contribution in [0.2, 0.25) is 0 Å². The normalized spacial score (nSPS) is 11.1. The van der Waals surface area contributed by atoms with E-state index in [0.717, 1.165) is 0 Å². The Morgan fingerprint density at radius 3 is 1.79 bits per heavy atom. The fraction of sp³-hybridized carbons (Fsp3) is 0.812. The van der Waals surface area contributed by atoms with Crippen LogP contribution in [0.25, 0.3) is 0 Å². The molecule has 0 saturated carbocycles. The summed E-state index contributed by atoms with van der Waals surface area (Å²) in [7, 11) is 0. The van der Waals surface area contributed by atoms with Crippen molar-refractivity contribution in [1.82, 2.24) is 5.48 Å². The van der Waals surface area contributed by atoms with Crippen molar-refractivity contribution < 1.29 is 33.3 Å². The SMILES string of the molecule is C#CCOCCOCCOCCOCCONC(=O)OC(C)(C)C. The molecular formula is C16H29NO7. The molecule has 8 heteroatoms. The molecule has 0 aromatic carbocycles. The Balaban J connectivity index is 3.15. The van der Waals surface area contributed by atoms with Gasteiger partial charge in [0.2, 0.25) is 0 Å². The second-order valence-electron chi connectivity index (χ2n) is 5.55. The van der Waals surface area contributed by atoms with Crippen LogP contribution >= 0.6 is 0 Å². The molecule has 0 radical (unpaired) electrons. The predicted molar refractivity (Wildman–Crippen MR) is 87.4 cm³/mol. The van der Waals surface area contributed by atoms with E-state index in [2.05, 4.69) is 11.4 Å². The summed E-state index contributed by atoms with van der Waals surface area (Å²) in [5, 5.41) is 0. The monoisotopic (exact) mass is 347 g/mol. The van der Waals surface area contributed by atoms with E-state index in [4.69, 9.17) is 34.9 Å². The Bertz CT molecular complexity index is 349. The molecule has 0 aromatic heterocycles. The summed E-state index contributed by atoms with van der Waals surface area (Å²) in [5.74, 6) is 2.37. The first-order valence-electron chi connectivity index (χ1n) is 7.81. The minimum absolute atomic E-state index is 0.222. The zero-order valence-corrected chi connectivity index (χ0v) is 14.8. The molecule has 0 aliphatic carbocycles.